The van der Waals surface area contributed by atoms with Gasteiger partial charge in [0.05, 0.1) is 29.3 Å². The summed E-state index contributed by atoms with van der Waals surface area (Å²) in [4.78, 5) is 0. The summed E-state index contributed by atoms with van der Waals surface area (Å²) in [6.45, 7) is 4.07. The zero-order valence-corrected chi connectivity index (χ0v) is 9.94. The van der Waals surface area contributed by atoms with Gasteiger partial charge in [-0.3, -0.25) is 0 Å². The molecule has 0 spiro atoms. The van der Waals surface area contributed by atoms with E-state index in [2.05, 4.69) is 6.07 Å². The Bertz CT molecular complexity index is 492. The van der Waals surface area contributed by atoms with Gasteiger partial charge in [-0.15, -0.1) is 0 Å². The Labute approximate surface area is 102 Å². The first-order valence-corrected chi connectivity index (χ1v) is 5.44. The molecular formula is C14H13N3. The molecule has 1 rings (SSSR count). The van der Waals surface area contributed by atoms with Crippen molar-refractivity contribution in [2.45, 2.75) is 26.2 Å². The molecule has 3 nitrogen and oxygen atoms in total. The Morgan fingerprint density at radius 1 is 1.00 bits per heavy atom. The summed E-state index contributed by atoms with van der Waals surface area (Å²) < 4.78 is 0. The average molecular weight is 223 g/mol. The highest BCUT2D eigenvalue weighted by atomic mass is 14.3. The maximum atomic E-state index is 8.91. The van der Waals surface area contributed by atoms with Crippen LogP contribution in [0.5, 0.6) is 0 Å². The van der Waals surface area contributed by atoms with Gasteiger partial charge < -0.3 is 0 Å². The van der Waals surface area contributed by atoms with E-state index in [0.29, 0.717) is 23.5 Å². The smallest absolute Gasteiger partial charge is 0.0992 e. The van der Waals surface area contributed by atoms with Crippen LogP contribution in [-0.4, -0.2) is 0 Å². The predicted octanol–water partition coefficient (Wildman–Crippen LogP) is 3.08. The molecule has 1 aromatic carbocycles. The summed E-state index contributed by atoms with van der Waals surface area (Å²) in [6.07, 6.45) is 0.400. The van der Waals surface area contributed by atoms with Gasteiger partial charge in [0.1, 0.15) is 0 Å². The van der Waals surface area contributed by atoms with E-state index in [9.17, 15) is 0 Å². The van der Waals surface area contributed by atoms with Crippen LogP contribution < -0.4 is 0 Å². The van der Waals surface area contributed by atoms with Gasteiger partial charge >= 0.3 is 0 Å². The summed E-state index contributed by atoms with van der Waals surface area (Å²) >= 11 is 0. The summed E-state index contributed by atoms with van der Waals surface area (Å²) in [5, 5.41) is 26.6. The van der Waals surface area contributed by atoms with Gasteiger partial charge in [-0.1, -0.05) is 13.8 Å². The first-order chi connectivity index (χ1) is 8.12. The number of rotatable bonds is 3. The minimum Gasteiger partial charge on any atom is -0.198 e. The Kier molecular flexibility index (Phi) is 4.27. The summed E-state index contributed by atoms with van der Waals surface area (Å²) in [5.41, 5.74) is 1.85. The molecule has 0 aromatic heterocycles. The van der Waals surface area contributed by atoms with Gasteiger partial charge in [0.15, 0.2) is 0 Å². The van der Waals surface area contributed by atoms with Crippen LogP contribution in [0.1, 0.15) is 42.9 Å². The Morgan fingerprint density at radius 2 is 1.53 bits per heavy atom. The molecule has 0 aliphatic carbocycles. The van der Waals surface area contributed by atoms with Gasteiger partial charge in [0.25, 0.3) is 0 Å². The molecule has 0 N–H and O–H groups in total. The second-order valence-corrected chi connectivity index (χ2v) is 4.28. The van der Waals surface area contributed by atoms with Crippen LogP contribution in [0.3, 0.4) is 0 Å². The monoisotopic (exact) mass is 223 g/mol. The average Bonchev–Trinajstić information content (AvgIpc) is 2.34. The molecule has 0 saturated heterocycles. The number of hydrogen-bond acceptors (Lipinski definition) is 3. The van der Waals surface area contributed by atoms with Crippen LogP contribution in [-0.2, 0) is 0 Å². The number of nitrogens with zero attached hydrogens (tertiary/aromatic N) is 3. The minimum atomic E-state index is 0.0698. The Hall–Kier alpha value is -2.31. The van der Waals surface area contributed by atoms with Crippen molar-refractivity contribution < 1.29 is 0 Å². The van der Waals surface area contributed by atoms with Crippen molar-refractivity contribution in [2.24, 2.45) is 5.92 Å². The topological polar surface area (TPSA) is 71.4 Å². The third-order valence-electron chi connectivity index (χ3n) is 2.76. The van der Waals surface area contributed by atoms with Gasteiger partial charge in [0.2, 0.25) is 0 Å². The van der Waals surface area contributed by atoms with Crippen LogP contribution in [0.2, 0.25) is 0 Å². The highest BCUT2D eigenvalue weighted by molar-refractivity contribution is 5.44. The molecule has 0 bridgehead atoms. The molecule has 1 aromatic rings. The van der Waals surface area contributed by atoms with Crippen LogP contribution in [0, 0.1) is 39.9 Å². The zero-order valence-electron chi connectivity index (χ0n) is 9.94. The second kappa shape index (κ2) is 5.69. The van der Waals surface area contributed by atoms with E-state index in [1.165, 1.54) is 0 Å². The lowest BCUT2D eigenvalue weighted by molar-refractivity contribution is 0.506. The van der Waals surface area contributed by atoms with Crippen molar-refractivity contribution >= 4 is 0 Å². The van der Waals surface area contributed by atoms with Crippen molar-refractivity contribution in [3.8, 4) is 18.2 Å². The maximum absolute atomic E-state index is 8.91. The van der Waals surface area contributed by atoms with Crippen molar-refractivity contribution in [3.05, 3.63) is 34.9 Å². The van der Waals surface area contributed by atoms with Gasteiger partial charge in [-0.25, -0.2) is 0 Å². The molecule has 0 radical (unpaired) electrons. The third kappa shape index (κ3) is 3.07. The minimum absolute atomic E-state index is 0.0698. The lowest BCUT2D eigenvalue weighted by Gasteiger charge is -2.18. The van der Waals surface area contributed by atoms with E-state index in [0.717, 1.165) is 5.56 Å². The summed E-state index contributed by atoms with van der Waals surface area (Å²) in [6, 6.07) is 11.3. The molecule has 0 saturated carbocycles. The van der Waals surface area contributed by atoms with E-state index < -0.39 is 0 Å². The summed E-state index contributed by atoms with van der Waals surface area (Å²) in [7, 11) is 0. The highest BCUT2D eigenvalue weighted by Crippen LogP contribution is 2.28. The molecule has 0 amide bonds. The van der Waals surface area contributed by atoms with Crippen LogP contribution in [0.4, 0.5) is 0 Å². The fraction of sp³-hybridized carbons (Fsp3) is 0.357. The van der Waals surface area contributed by atoms with Gasteiger partial charge in [-0.05, 0) is 35.6 Å². The lowest BCUT2D eigenvalue weighted by Crippen LogP contribution is -2.06. The molecule has 0 heterocycles. The number of hydrogen-bond donors (Lipinski definition) is 0. The number of benzene rings is 1. The van der Waals surface area contributed by atoms with Crippen LogP contribution in [0.25, 0.3) is 0 Å². The standard InChI is InChI=1S/C14H13N3/c1-10(2)14(3-4-15)13-6-11(8-16)5-12(7-13)9-17/h5-7,10,14H,3H2,1-2H3. The van der Waals surface area contributed by atoms with E-state index >= 15 is 0 Å². The molecule has 3 heteroatoms. The van der Waals surface area contributed by atoms with E-state index in [1.807, 2.05) is 26.0 Å². The van der Waals surface area contributed by atoms with Crippen LogP contribution >= 0.6 is 0 Å². The van der Waals surface area contributed by atoms with E-state index in [1.54, 1.807) is 18.2 Å². The molecule has 0 aliphatic rings. The fourth-order valence-electron chi connectivity index (χ4n) is 1.83. The highest BCUT2D eigenvalue weighted by Gasteiger charge is 2.16. The first-order valence-electron chi connectivity index (χ1n) is 5.44. The molecule has 84 valence electrons. The maximum Gasteiger partial charge on any atom is 0.0992 e. The summed E-state index contributed by atoms with van der Waals surface area (Å²) in [5.74, 6) is 0.371. The molecular weight excluding hydrogens is 210 g/mol. The van der Waals surface area contributed by atoms with Gasteiger partial charge in [0, 0.05) is 6.42 Å². The molecule has 0 aliphatic heterocycles. The molecule has 17 heavy (non-hydrogen) atoms. The molecule has 1 unspecified atom stereocenters. The van der Waals surface area contributed by atoms with Crippen molar-refractivity contribution in [2.75, 3.05) is 0 Å². The van der Waals surface area contributed by atoms with Crippen molar-refractivity contribution in [1.29, 1.82) is 15.8 Å². The van der Waals surface area contributed by atoms with Gasteiger partial charge in [-0.2, -0.15) is 15.8 Å². The third-order valence-corrected chi connectivity index (χ3v) is 2.76. The SMILES string of the molecule is CC(C)C(CC#N)c1cc(C#N)cc(C#N)c1. The largest absolute Gasteiger partial charge is 0.198 e. The predicted molar refractivity (Wildman–Crippen MR) is 63.7 cm³/mol. The Balaban J connectivity index is 3.25. The number of nitriles is 3. The van der Waals surface area contributed by atoms with Crippen molar-refractivity contribution in [1.82, 2.24) is 0 Å². The van der Waals surface area contributed by atoms with Crippen molar-refractivity contribution in [3.63, 3.8) is 0 Å². The second-order valence-electron chi connectivity index (χ2n) is 4.28. The fourth-order valence-corrected chi connectivity index (χ4v) is 1.83. The quantitative estimate of drug-likeness (QED) is 0.790. The van der Waals surface area contributed by atoms with E-state index in [-0.39, 0.29) is 5.92 Å². The Morgan fingerprint density at radius 3 is 1.88 bits per heavy atom. The van der Waals surface area contributed by atoms with E-state index in [4.69, 9.17) is 15.8 Å². The zero-order chi connectivity index (χ0) is 12.8. The molecule has 0 fully saturated rings. The lowest BCUT2D eigenvalue weighted by atomic mass is 9.85. The normalized spacial score (nSPS) is 11.3. The van der Waals surface area contributed by atoms with Crippen LogP contribution in [0.15, 0.2) is 18.2 Å². The first kappa shape index (κ1) is 12.8. The molecule has 1 atom stereocenters.